The number of hydrazone groups is 1. The van der Waals surface area contributed by atoms with Crippen molar-refractivity contribution in [3.05, 3.63) is 57.8 Å². The number of nitrogens with one attached hydrogen (secondary N) is 2. The fraction of sp³-hybridized carbons (Fsp3) is 0.235. The lowest BCUT2D eigenvalue weighted by Gasteiger charge is -2.06. The lowest BCUT2D eigenvalue weighted by molar-refractivity contribution is -0.119. The van der Waals surface area contributed by atoms with Gasteiger partial charge in [0, 0.05) is 23.6 Å². The van der Waals surface area contributed by atoms with Crippen molar-refractivity contribution in [1.82, 2.24) is 10.4 Å². The third-order valence-corrected chi connectivity index (χ3v) is 3.35. The highest BCUT2D eigenvalue weighted by atomic mass is 35.5. The molecular formula is C17H20Cl2N4O. The van der Waals surface area contributed by atoms with E-state index in [-0.39, 0.29) is 12.5 Å². The topological polar surface area (TPSA) is 66.4 Å². The lowest BCUT2D eigenvalue weighted by atomic mass is 10.2. The van der Waals surface area contributed by atoms with Gasteiger partial charge in [0.15, 0.2) is 0 Å². The predicted molar refractivity (Wildman–Crippen MR) is 101 cm³/mol. The minimum absolute atomic E-state index is 0.110. The minimum atomic E-state index is -0.279. The van der Waals surface area contributed by atoms with Crippen LogP contribution in [0.25, 0.3) is 0 Å². The summed E-state index contributed by atoms with van der Waals surface area (Å²) in [6, 6.07) is 7.74. The van der Waals surface area contributed by atoms with E-state index >= 15 is 0 Å². The number of aryl methyl sites for hydroxylation is 1. The van der Waals surface area contributed by atoms with Crippen molar-refractivity contribution in [3.63, 3.8) is 0 Å². The molecule has 0 bridgehead atoms. The van der Waals surface area contributed by atoms with Crippen molar-refractivity contribution >= 4 is 41.0 Å². The summed E-state index contributed by atoms with van der Waals surface area (Å²) < 4.78 is 0. The Hall–Kier alpha value is -2.11. The summed E-state index contributed by atoms with van der Waals surface area (Å²) in [4.78, 5) is 15.5. The maximum absolute atomic E-state index is 11.7. The van der Waals surface area contributed by atoms with E-state index in [1.54, 1.807) is 0 Å². The second-order valence-corrected chi connectivity index (χ2v) is 5.35. The van der Waals surface area contributed by atoms with Crippen LogP contribution < -0.4 is 10.7 Å². The molecule has 0 aliphatic rings. The third-order valence-electron chi connectivity index (χ3n) is 2.74. The average molecular weight is 367 g/mol. The Morgan fingerprint density at radius 1 is 1.25 bits per heavy atom. The van der Waals surface area contributed by atoms with Crippen LogP contribution in [0.2, 0.25) is 10.0 Å². The first-order chi connectivity index (χ1) is 11.6. The standard InChI is InChI=1S/C15H14Cl2N4O.C2H6/c1-10-3-2-4-11(5-10)19-9-15(22)21-20-6-12-13(16)7-18-8-14(12)17;1-2/h2-8,19H,9H2,1H3,(H,21,22);1-2H3/b20-6+;. The SMILES string of the molecule is CC.Cc1cccc(NCC(=O)N/N=C/c2c(Cl)cncc2Cl)c1. The normalized spacial score (nSPS) is 10.0. The van der Waals surface area contributed by atoms with Crippen LogP contribution in [-0.4, -0.2) is 23.7 Å². The third kappa shape index (κ3) is 6.56. The van der Waals surface area contributed by atoms with Gasteiger partial charge in [-0.1, -0.05) is 49.2 Å². The molecule has 2 rings (SSSR count). The number of carbonyl (C=O) groups is 1. The van der Waals surface area contributed by atoms with Gasteiger partial charge in [0.1, 0.15) is 0 Å². The van der Waals surface area contributed by atoms with Crippen molar-refractivity contribution < 1.29 is 4.79 Å². The quantitative estimate of drug-likeness (QED) is 0.612. The number of aromatic nitrogens is 1. The van der Waals surface area contributed by atoms with Gasteiger partial charge < -0.3 is 5.32 Å². The molecule has 24 heavy (non-hydrogen) atoms. The predicted octanol–water partition coefficient (Wildman–Crippen LogP) is 4.29. The highest BCUT2D eigenvalue weighted by Crippen LogP contribution is 2.20. The van der Waals surface area contributed by atoms with Crippen molar-refractivity contribution in [2.75, 3.05) is 11.9 Å². The molecule has 0 aliphatic carbocycles. The molecule has 1 aromatic carbocycles. The molecule has 128 valence electrons. The number of amides is 1. The highest BCUT2D eigenvalue weighted by molar-refractivity contribution is 6.38. The van der Waals surface area contributed by atoms with Gasteiger partial charge in [0.2, 0.25) is 0 Å². The van der Waals surface area contributed by atoms with Crippen LogP contribution in [0.4, 0.5) is 5.69 Å². The fourth-order valence-electron chi connectivity index (χ4n) is 1.69. The van der Waals surface area contributed by atoms with E-state index in [4.69, 9.17) is 23.2 Å². The summed E-state index contributed by atoms with van der Waals surface area (Å²) in [5.41, 5.74) is 4.90. The summed E-state index contributed by atoms with van der Waals surface area (Å²) in [6.07, 6.45) is 4.29. The number of hydrogen-bond donors (Lipinski definition) is 2. The van der Waals surface area contributed by atoms with E-state index in [2.05, 4.69) is 20.8 Å². The Bertz CT molecular complexity index is 684. The van der Waals surface area contributed by atoms with Gasteiger partial charge in [0.25, 0.3) is 5.91 Å². The van der Waals surface area contributed by atoms with Gasteiger partial charge in [-0.3, -0.25) is 9.78 Å². The maximum atomic E-state index is 11.7. The van der Waals surface area contributed by atoms with Crippen molar-refractivity contribution in [3.8, 4) is 0 Å². The Labute approximate surface area is 152 Å². The average Bonchev–Trinajstić information content (AvgIpc) is 2.57. The number of benzene rings is 1. The van der Waals surface area contributed by atoms with Crippen molar-refractivity contribution in [2.24, 2.45) is 5.10 Å². The maximum Gasteiger partial charge on any atom is 0.259 e. The van der Waals surface area contributed by atoms with Gasteiger partial charge in [-0.15, -0.1) is 0 Å². The van der Waals surface area contributed by atoms with Crippen LogP contribution in [0.15, 0.2) is 41.8 Å². The summed E-state index contributed by atoms with van der Waals surface area (Å²) in [5.74, 6) is -0.279. The van der Waals surface area contributed by atoms with Crippen LogP contribution in [0.1, 0.15) is 25.0 Å². The molecular weight excluding hydrogens is 347 g/mol. The molecule has 0 unspecified atom stereocenters. The smallest absolute Gasteiger partial charge is 0.259 e. The van der Waals surface area contributed by atoms with E-state index in [1.807, 2.05) is 45.0 Å². The van der Waals surface area contributed by atoms with Crippen LogP contribution >= 0.6 is 23.2 Å². The number of halogens is 2. The highest BCUT2D eigenvalue weighted by Gasteiger charge is 2.04. The summed E-state index contributed by atoms with van der Waals surface area (Å²) in [5, 5.41) is 7.57. The molecule has 0 atom stereocenters. The zero-order chi connectivity index (χ0) is 17.9. The molecule has 7 heteroatoms. The van der Waals surface area contributed by atoms with Gasteiger partial charge in [-0.25, -0.2) is 5.43 Å². The molecule has 2 N–H and O–H groups in total. The summed E-state index contributed by atoms with van der Waals surface area (Å²) >= 11 is 11.9. The Morgan fingerprint density at radius 3 is 2.54 bits per heavy atom. The van der Waals surface area contributed by atoms with E-state index in [9.17, 15) is 4.79 Å². The molecule has 0 saturated carbocycles. The van der Waals surface area contributed by atoms with Crippen LogP contribution in [0.3, 0.4) is 0 Å². The zero-order valence-corrected chi connectivity index (χ0v) is 15.3. The molecule has 1 amide bonds. The Balaban J connectivity index is 0.00000139. The Kier molecular flexibility index (Phi) is 8.83. The van der Waals surface area contributed by atoms with Crippen molar-refractivity contribution in [1.29, 1.82) is 0 Å². The molecule has 2 aromatic rings. The number of pyridine rings is 1. The number of nitrogens with zero attached hydrogens (tertiary/aromatic N) is 2. The molecule has 0 radical (unpaired) electrons. The van der Waals surface area contributed by atoms with Gasteiger partial charge in [-0.05, 0) is 24.6 Å². The lowest BCUT2D eigenvalue weighted by Crippen LogP contribution is -2.25. The Morgan fingerprint density at radius 2 is 1.92 bits per heavy atom. The molecule has 1 heterocycles. The van der Waals surface area contributed by atoms with E-state index in [0.29, 0.717) is 15.6 Å². The van der Waals surface area contributed by atoms with Crippen molar-refractivity contribution in [2.45, 2.75) is 20.8 Å². The zero-order valence-electron chi connectivity index (χ0n) is 13.8. The number of rotatable bonds is 5. The van der Waals surface area contributed by atoms with Crippen LogP contribution in [0.5, 0.6) is 0 Å². The minimum Gasteiger partial charge on any atom is -0.376 e. The number of anilines is 1. The molecule has 5 nitrogen and oxygen atoms in total. The first-order valence-corrected chi connectivity index (χ1v) is 8.23. The molecule has 0 aliphatic heterocycles. The van der Waals surface area contributed by atoms with Gasteiger partial charge in [0.05, 0.1) is 22.8 Å². The first kappa shape index (κ1) is 19.9. The second-order valence-electron chi connectivity index (χ2n) is 4.53. The number of hydrogen-bond acceptors (Lipinski definition) is 4. The first-order valence-electron chi connectivity index (χ1n) is 7.47. The second kappa shape index (κ2) is 10.6. The summed E-state index contributed by atoms with van der Waals surface area (Å²) in [6.45, 7) is 6.09. The molecule has 0 saturated heterocycles. The van der Waals surface area contributed by atoms with E-state index in [0.717, 1.165) is 11.3 Å². The van der Waals surface area contributed by atoms with E-state index in [1.165, 1.54) is 18.6 Å². The largest absolute Gasteiger partial charge is 0.376 e. The van der Waals surface area contributed by atoms with Crippen LogP contribution in [-0.2, 0) is 4.79 Å². The van der Waals surface area contributed by atoms with E-state index < -0.39 is 0 Å². The molecule has 0 fully saturated rings. The number of carbonyl (C=O) groups excluding carboxylic acids is 1. The van der Waals surface area contributed by atoms with Crippen LogP contribution in [0, 0.1) is 6.92 Å². The van der Waals surface area contributed by atoms with Gasteiger partial charge in [-0.2, -0.15) is 5.10 Å². The fourth-order valence-corrected chi connectivity index (χ4v) is 2.15. The molecule has 0 spiro atoms. The van der Waals surface area contributed by atoms with Gasteiger partial charge >= 0.3 is 0 Å². The molecule has 1 aromatic heterocycles. The summed E-state index contributed by atoms with van der Waals surface area (Å²) in [7, 11) is 0. The monoisotopic (exact) mass is 366 g/mol.